The summed E-state index contributed by atoms with van der Waals surface area (Å²) in [5, 5.41) is 4.24. The molecular weight excluding hydrogens is 448 g/mol. The molecule has 34 heavy (non-hydrogen) atoms. The summed E-state index contributed by atoms with van der Waals surface area (Å²) in [6.45, 7) is 4.20. The Balaban J connectivity index is 1.59. The smallest absolute Gasteiger partial charge is 0.294 e. The van der Waals surface area contributed by atoms with Crippen molar-refractivity contribution in [3.05, 3.63) is 76.7 Å². The number of rotatable bonds is 8. The summed E-state index contributed by atoms with van der Waals surface area (Å²) < 4.78 is 6.00. The van der Waals surface area contributed by atoms with Crippen LogP contribution in [0.5, 0.6) is 5.75 Å². The van der Waals surface area contributed by atoms with Crippen molar-refractivity contribution in [1.82, 2.24) is 4.90 Å². The van der Waals surface area contributed by atoms with E-state index in [0.29, 0.717) is 18.0 Å². The number of aryl methyl sites for hydroxylation is 1. The molecule has 1 N–H and O–H groups in total. The maximum absolute atomic E-state index is 13.1. The van der Waals surface area contributed by atoms with Crippen LogP contribution in [0.4, 0.5) is 10.5 Å². The predicted octanol–water partition coefficient (Wildman–Crippen LogP) is 6.00. The van der Waals surface area contributed by atoms with E-state index in [0.717, 1.165) is 51.4 Å². The lowest BCUT2D eigenvalue weighted by molar-refractivity contribution is -0.127. The Morgan fingerprint density at radius 2 is 1.82 bits per heavy atom. The molecule has 0 spiro atoms. The van der Waals surface area contributed by atoms with Gasteiger partial charge in [-0.05, 0) is 59.7 Å². The van der Waals surface area contributed by atoms with Gasteiger partial charge in [-0.2, -0.15) is 0 Å². The number of ether oxygens (including phenoxy) is 1. The normalized spacial score (nSPS) is 14.8. The van der Waals surface area contributed by atoms with Gasteiger partial charge in [0.25, 0.3) is 11.1 Å². The molecule has 0 aromatic heterocycles. The number of imide groups is 1. The quantitative estimate of drug-likeness (QED) is 0.320. The van der Waals surface area contributed by atoms with Crippen LogP contribution < -0.4 is 10.1 Å². The number of amides is 3. The van der Waals surface area contributed by atoms with Crippen LogP contribution in [0.2, 0.25) is 0 Å². The van der Waals surface area contributed by atoms with Gasteiger partial charge in [0.1, 0.15) is 12.3 Å². The van der Waals surface area contributed by atoms with Gasteiger partial charge in [-0.25, -0.2) is 0 Å². The third-order valence-electron chi connectivity index (χ3n) is 5.56. The number of thioether (sulfide) groups is 1. The molecule has 0 aliphatic carbocycles. The SMILES string of the molecule is CCCCOc1ccc2ccccc2c1/C=C1\SC(=O)N(CC(=O)Nc2ccccc2C)C1=O. The molecule has 1 aliphatic rings. The fourth-order valence-electron chi connectivity index (χ4n) is 3.69. The first-order valence-electron chi connectivity index (χ1n) is 11.2. The molecule has 174 valence electrons. The molecule has 3 aromatic carbocycles. The van der Waals surface area contributed by atoms with Crippen molar-refractivity contribution >= 4 is 51.4 Å². The van der Waals surface area contributed by atoms with Crippen molar-refractivity contribution < 1.29 is 19.1 Å². The summed E-state index contributed by atoms with van der Waals surface area (Å²) in [4.78, 5) is 39.5. The zero-order valence-corrected chi connectivity index (χ0v) is 20.0. The molecule has 0 unspecified atom stereocenters. The highest BCUT2D eigenvalue weighted by Gasteiger charge is 2.36. The molecule has 0 radical (unpaired) electrons. The number of unbranched alkanes of at least 4 members (excludes halogenated alkanes) is 1. The summed E-state index contributed by atoms with van der Waals surface area (Å²) in [5.74, 6) is -0.245. The Bertz CT molecular complexity index is 1280. The second-order valence-corrected chi connectivity index (χ2v) is 9.02. The van der Waals surface area contributed by atoms with Gasteiger partial charge in [0.2, 0.25) is 5.91 Å². The topological polar surface area (TPSA) is 75.7 Å². The van der Waals surface area contributed by atoms with Gasteiger partial charge in [0.05, 0.1) is 11.5 Å². The molecule has 3 aromatic rings. The number of benzene rings is 3. The molecule has 1 aliphatic heterocycles. The monoisotopic (exact) mass is 474 g/mol. The summed E-state index contributed by atoms with van der Waals surface area (Å²) in [5.41, 5.74) is 2.31. The molecule has 0 saturated carbocycles. The molecule has 1 saturated heterocycles. The molecule has 1 heterocycles. The highest BCUT2D eigenvalue weighted by Crippen LogP contribution is 2.37. The molecule has 1 fully saturated rings. The molecule has 0 bridgehead atoms. The molecule has 4 rings (SSSR count). The van der Waals surface area contributed by atoms with Crippen LogP contribution in [-0.2, 0) is 9.59 Å². The van der Waals surface area contributed by atoms with E-state index >= 15 is 0 Å². The minimum absolute atomic E-state index is 0.269. The molecule has 7 heteroatoms. The summed E-state index contributed by atoms with van der Waals surface area (Å²) in [6, 6.07) is 19.1. The van der Waals surface area contributed by atoms with Gasteiger partial charge in [-0.15, -0.1) is 0 Å². The van der Waals surface area contributed by atoms with Gasteiger partial charge >= 0.3 is 0 Å². The van der Waals surface area contributed by atoms with Crippen molar-refractivity contribution in [2.24, 2.45) is 0 Å². The van der Waals surface area contributed by atoms with E-state index in [4.69, 9.17) is 4.74 Å². The largest absolute Gasteiger partial charge is 0.493 e. The van der Waals surface area contributed by atoms with Crippen LogP contribution in [0.25, 0.3) is 16.8 Å². The lowest BCUT2D eigenvalue weighted by atomic mass is 10.0. The third-order valence-corrected chi connectivity index (χ3v) is 6.46. The number of carbonyl (C=O) groups is 3. The first-order valence-corrected chi connectivity index (χ1v) is 12.0. The lowest BCUT2D eigenvalue weighted by Gasteiger charge is -2.14. The minimum Gasteiger partial charge on any atom is -0.493 e. The van der Waals surface area contributed by atoms with Crippen molar-refractivity contribution in [1.29, 1.82) is 0 Å². The van der Waals surface area contributed by atoms with Crippen molar-refractivity contribution in [3.8, 4) is 5.75 Å². The van der Waals surface area contributed by atoms with Crippen LogP contribution in [0.15, 0.2) is 65.6 Å². The van der Waals surface area contributed by atoms with Crippen LogP contribution in [0.3, 0.4) is 0 Å². The van der Waals surface area contributed by atoms with E-state index in [1.54, 1.807) is 12.1 Å². The maximum Gasteiger partial charge on any atom is 0.294 e. The Morgan fingerprint density at radius 1 is 1.06 bits per heavy atom. The number of para-hydroxylation sites is 1. The number of nitrogens with zero attached hydrogens (tertiary/aromatic N) is 1. The standard InChI is InChI=1S/C27H26N2O4S/c1-3-4-15-33-23-14-13-19-10-6-7-11-20(19)21(23)16-24-26(31)29(27(32)34-24)17-25(30)28-22-12-8-5-9-18(22)2/h5-14,16H,3-4,15,17H2,1-2H3,(H,28,30)/b24-16-. The Kier molecular flexibility index (Phi) is 7.33. The fraction of sp³-hybridized carbons (Fsp3) is 0.222. The second-order valence-electron chi connectivity index (χ2n) is 8.03. The molecule has 3 amide bonds. The van der Waals surface area contributed by atoms with Crippen LogP contribution in [-0.4, -0.2) is 35.1 Å². The van der Waals surface area contributed by atoms with E-state index in [2.05, 4.69) is 12.2 Å². The van der Waals surface area contributed by atoms with Crippen molar-refractivity contribution in [3.63, 3.8) is 0 Å². The first-order chi connectivity index (χ1) is 16.5. The van der Waals surface area contributed by atoms with Crippen molar-refractivity contribution in [2.75, 3.05) is 18.5 Å². The number of carbonyl (C=O) groups excluding carboxylic acids is 3. The highest BCUT2D eigenvalue weighted by atomic mass is 32.2. The average molecular weight is 475 g/mol. The maximum atomic E-state index is 13.1. The van der Waals surface area contributed by atoms with Gasteiger partial charge in [-0.1, -0.05) is 61.9 Å². The number of hydrogen-bond acceptors (Lipinski definition) is 5. The molecular formula is C27H26N2O4S. The number of nitrogens with one attached hydrogen (secondary N) is 1. The van der Waals surface area contributed by atoms with E-state index in [1.165, 1.54) is 0 Å². The van der Waals surface area contributed by atoms with Gasteiger partial charge < -0.3 is 10.1 Å². The minimum atomic E-state index is -0.484. The molecule has 0 atom stereocenters. The fourth-order valence-corrected chi connectivity index (χ4v) is 4.51. The Morgan fingerprint density at radius 3 is 2.62 bits per heavy atom. The van der Waals surface area contributed by atoms with Crippen LogP contribution in [0.1, 0.15) is 30.9 Å². The predicted molar refractivity (Wildman–Crippen MR) is 137 cm³/mol. The van der Waals surface area contributed by atoms with Gasteiger partial charge in [0, 0.05) is 11.3 Å². The van der Waals surface area contributed by atoms with E-state index in [-0.39, 0.29) is 11.4 Å². The lowest BCUT2D eigenvalue weighted by Crippen LogP contribution is -2.36. The number of hydrogen-bond donors (Lipinski definition) is 1. The summed E-state index contributed by atoms with van der Waals surface area (Å²) in [6.07, 6.45) is 3.62. The number of fused-ring (bicyclic) bond motifs is 1. The zero-order chi connectivity index (χ0) is 24.1. The summed E-state index contributed by atoms with van der Waals surface area (Å²) >= 11 is 0.837. The average Bonchev–Trinajstić information content (AvgIpc) is 3.09. The van der Waals surface area contributed by atoms with Gasteiger partial charge in [-0.3, -0.25) is 19.3 Å². The third kappa shape index (κ3) is 5.15. The zero-order valence-electron chi connectivity index (χ0n) is 19.2. The van der Waals surface area contributed by atoms with E-state index < -0.39 is 17.1 Å². The molecule has 6 nitrogen and oxygen atoms in total. The van der Waals surface area contributed by atoms with E-state index in [1.807, 2.05) is 61.5 Å². The highest BCUT2D eigenvalue weighted by molar-refractivity contribution is 8.18. The second kappa shape index (κ2) is 10.6. The van der Waals surface area contributed by atoms with E-state index in [9.17, 15) is 14.4 Å². The summed E-state index contributed by atoms with van der Waals surface area (Å²) in [7, 11) is 0. The van der Waals surface area contributed by atoms with Crippen LogP contribution in [0, 0.1) is 6.92 Å². The first kappa shape index (κ1) is 23.6. The number of anilines is 1. The Hall–Kier alpha value is -3.58. The van der Waals surface area contributed by atoms with Crippen LogP contribution >= 0.6 is 11.8 Å². The van der Waals surface area contributed by atoms with Gasteiger partial charge in [0.15, 0.2) is 0 Å². The van der Waals surface area contributed by atoms with Crippen molar-refractivity contribution in [2.45, 2.75) is 26.7 Å². The Labute approximate surface area is 203 Å².